The summed E-state index contributed by atoms with van der Waals surface area (Å²) in [5.41, 5.74) is 2.24. The third kappa shape index (κ3) is 5.80. The summed E-state index contributed by atoms with van der Waals surface area (Å²) >= 11 is 0. The van der Waals surface area contributed by atoms with E-state index in [9.17, 15) is 18.0 Å². The van der Waals surface area contributed by atoms with Crippen LogP contribution in [0.1, 0.15) is 24.0 Å². The lowest BCUT2D eigenvalue weighted by Gasteiger charge is -2.29. The van der Waals surface area contributed by atoms with Crippen LogP contribution in [0.15, 0.2) is 48.5 Å². The number of nitrogens with zero attached hydrogens (tertiary/aromatic N) is 1. The molecule has 2 aromatic rings. The van der Waals surface area contributed by atoms with Gasteiger partial charge in [0.15, 0.2) is 0 Å². The number of carbonyl (C=O) groups excluding carboxylic acids is 2. The van der Waals surface area contributed by atoms with Crippen LogP contribution in [0.5, 0.6) is 5.75 Å². The first-order chi connectivity index (χ1) is 14.4. The summed E-state index contributed by atoms with van der Waals surface area (Å²) in [4.78, 5) is 26.4. The van der Waals surface area contributed by atoms with Crippen molar-refractivity contribution in [3.8, 4) is 5.75 Å². The molecule has 0 atom stereocenters. The Hall–Kier alpha value is -2.91. The number of rotatable bonds is 8. The Morgan fingerprint density at radius 2 is 1.73 bits per heavy atom. The topological polar surface area (TPSA) is 105 Å². The minimum atomic E-state index is -3.32. The summed E-state index contributed by atoms with van der Waals surface area (Å²) in [6, 6.07) is 14.3. The highest BCUT2D eigenvalue weighted by atomic mass is 32.2. The molecule has 2 N–H and O–H groups in total. The van der Waals surface area contributed by atoms with Crippen LogP contribution in [0, 0.1) is 0 Å². The van der Waals surface area contributed by atoms with Crippen LogP contribution in [0.2, 0.25) is 0 Å². The van der Waals surface area contributed by atoms with E-state index in [1.165, 1.54) is 7.05 Å². The zero-order valence-electron chi connectivity index (χ0n) is 16.8. The molecule has 9 heteroatoms. The Morgan fingerprint density at radius 1 is 1.03 bits per heavy atom. The maximum Gasteiger partial charge on any atom is 0.227 e. The van der Waals surface area contributed by atoms with E-state index in [0.717, 1.165) is 11.3 Å². The fourth-order valence-electron chi connectivity index (χ4n) is 3.12. The largest absolute Gasteiger partial charge is 0.490 e. The van der Waals surface area contributed by atoms with Gasteiger partial charge in [-0.2, -0.15) is 0 Å². The predicted octanol–water partition coefficient (Wildman–Crippen LogP) is 1.56. The van der Waals surface area contributed by atoms with Gasteiger partial charge in [0.05, 0.1) is 18.0 Å². The van der Waals surface area contributed by atoms with Crippen molar-refractivity contribution in [2.75, 3.05) is 25.1 Å². The summed E-state index contributed by atoms with van der Waals surface area (Å²) in [7, 11) is -1.94. The molecule has 1 aliphatic heterocycles. The number of carbonyl (C=O) groups is 2. The molecule has 0 bridgehead atoms. The normalized spacial score (nSPS) is 13.3. The van der Waals surface area contributed by atoms with E-state index in [1.807, 2.05) is 24.3 Å². The number of fused-ring (bicyclic) bond motifs is 1. The maximum atomic E-state index is 12.6. The van der Waals surface area contributed by atoms with Crippen molar-refractivity contribution < 1.29 is 22.7 Å². The molecule has 2 aromatic carbocycles. The molecule has 30 heavy (non-hydrogen) atoms. The Kier molecular flexibility index (Phi) is 7.07. The maximum absolute atomic E-state index is 12.6. The van der Waals surface area contributed by atoms with E-state index < -0.39 is 10.0 Å². The van der Waals surface area contributed by atoms with Crippen LogP contribution in [-0.4, -0.2) is 40.4 Å². The van der Waals surface area contributed by atoms with Gasteiger partial charge in [0, 0.05) is 19.4 Å². The minimum Gasteiger partial charge on any atom is -0.490 e. The SMILES string of the molecule is CNS(=O)(=O)Cc1ccc(CNC(=O)CCC(=O)N2CCOc3ccccc32)cc1. The van der Waals surface area contributed by atoms with Crippen LogP contribution in [0.3, 0.4) is 0 Å². The van der Waals surface area contributed by atoms with Crippen LogP contribution in [-0.2, 0) is 31.9 Å². The smallest absolute Gasteiger partial charge is 0.227 e. The highest BCUT2D eigenvalue weighted by Crippen LogP contribution is 2.31. The van der Waals surface area contributed by atoms with E-state index in [4.69, 9.17) is 4.74 Å². The van der Waals surface area contributed by atoms with Crippen LogP contribution in [0.4, 0.5) is 5.69 Å². The van der Waals surface area contributed by atoms with Crippen molar-refractivity contribution >= 4 is 27.5 Å². The fraction of sp³-hybridized carbons (Fsp3) is 0.333. The van der Waals surface area contributed by atoms with Crippen LogP contribution in [0.25, 0.3) is 0 Å². The molecule has 2 amide bonds. The van der Waals surface area contributed by atoms with E-state index in [2.05, 4.69) is 10.0 Å². The molecule has 1 aliphatic rings. The summed E-state index contributed by atoms with van der Waals surface area (Å²) < 4.78 is 31.0. The Morgan fingerprint density at radius 3 is 2.47 bits per heavy atom. The zero-order chi connectivity index (χ0) is 21.6. The number of anilines is 1. The summed E-state index contributed by atoms with van der Waals surface area (Å²) in [6.45, 7) is 1.21. The summed E-state index contributed by atoms with van der Waals surface area (Å²) in [5, 5.41) is 2.79. The molecule has 0 fully saturated rings. The molecular formula is C21H25N3O5S. The number of benzene rings is 2. The van der Waals surface area contributed by atoms with Crippen LogP contribution >= 0.6 is 0 Å². The first-order valence-electron chi connectivity index (χ1n) is 9.66. The van der Waals surface area contributed by atoms with Gasteiger partial charge in [0.2, 0.25) is 21.8 Å². The summed E-state index contributed by atoms with van der Waals surface area (Å²) in [5.74, 6) is 0.248. The van der Waals surface area contributed by atoms with Gasteiger partial charge in [-0.15, -0.1) is 0 Å². The molecule has 0 spiro atoms. The second-order valence-corrected chi connectivity index (χ2v) is 8.84. The quantitative estimate of drug-likeness (QED) is 0.660. The molecule has 1 heterocycles. The molecule has 0 aliphatic carbocycles. The number of hydrogen-bond donors (Lipinski definition) is 2. The molecular weight excluding hydrogens is 406 g/mol. The van der Waals surface area contributed by atoms with E-state index in [1.54, 1.807) is 29.2 Å². The highest BCUT2D eigenvalue weighted by molar-refractivity contribution is 7.88. The predicted molar refractivity (Wildman–Crippen MR) is 113 cm³/mol. The standard InChI is InChI=1S/C21H25N3O5S/c1-22-30(27,28)15-17-8-6-16(7-9-17)14-23-20(25)10-11-21(26)24-12-13-29-19-5-3-2-4-18(19)24/h2-9,22H,10-15H2,1H3,(H,23,25). The average Bonchev–Trinajstić information content (AvgIpc) is 2.76. The number of amides is 2. The molecule has 8 nitrogen and oxygen atoms in total. The van der Waals surface area contributed by atoms with E-state index in [0.29, 0.717) is 31.0 Å². The van der Waals surface area contributed by atoms with Crippen molar-refractivity contribution in [1.82, 2.24) is 10.0 Å². The van der Waals surface area contributed by atoms with Gasteiger partial charge in [0.1, 0.15) is 12.4 Å². The van der Waals surface area contributed by atoms with Crippen molar-refractivity contribution in [3.05, 3.63) is 59.7 Å². The minimum absolute atomic E-state index is 0.0941. The number of hydrogen-bond acceptors (Lipinski definition) is 5. The third-order valence-corrected chi connectivity index (χ3v) is 6.11. The second kappa shape index (κ2) is 9.73. The van der Waals surface area contributed by atoms with Gasteiger partial charge < -0.3 is 15.0 Å². The Bertz CT molecular complexity index is 1010. The molecule has 0 unspecified atom stereocenters. The zero-order valence-corrected chi connectivity index (χ0v) is 17.6. The van der Waals surface area contributed by atoms with E-state index in [-0.39, 0.29) is 30.4 Å². The fourth-order valence-corrected chi connectivity index (χ4v) is 3.89. The van der Waals surface area contributed by atoms with Gasteiger partial charge in [-0.3, -0.25) is 9.59 Å². The lowest BCUT2D eigenvalue weighted by molar-refractivity contribution is -0.125. The first-order valence-corrected chi connectivity index (χ1v) is 11.3. The molecule has 0 saturated heterocycles. The molecule has 3 rings (SSSR count). The van der Waals surface area contributed by atoms with E-state index >= 15 is 0 Å². The molecule has 160 valence electrons. The second-order valence-electron chi connectivity index (χ2n) is 6.92. The molecule has 0 aromatic heterocycles. The van der Waals surface area contributed by atoms with Crippen molar-refractivity contribution in [2.45, 2.75) is 25.1 Å². The van der Waals surface area contributed by atoms with Gasteiger partial charge in [-0.25, -0.2) is 13.1 Å². The lowest BCUT2D eigenvalue weighted by Crippen LogP contribution is -2.38. The highest BCUT2D eigenvalue weighted by Gasteiger charge is 2.23. The first kappa shape index (κ1) is 21.8. The number of sulfonamides is 1. The number of nitrogens with one attached hydrogen (secondary N) is 2. The van der Waals surface area contributed by atoms with Crippen molar-refractivity contribution in [3.63, 3.8) is 0 Å². The van der Waals surface area contributed by atoms with Crippen LogP contribution < -0.4 is 19.7 Å². The van der Waals surface area contributed by atoms with Crippen molar-refractivity contribution in [1.29, 1.82) is 0 Å². The number of para-hydroxylation sites is 2. The lowest BCUT2D eigenvalue weighted by atomic mass is 10.1. The van der Waals surface area contributed by atoms with Gasteiger partial charge in [-0.1, -0.05) is 36.4 Å². The van der Waals surface area contributed by atoms with Gasteiger partial charge >= 0.3 is 0 Å². The van der Waals surface area contributed by atoms with Gasteiger partial charge in [0.25, 0.3) is 0 Å². The molecule has 0 saturated carbocycles. The number of ether oxygens (including phenoxy) is 1. The Balaban J connectivity index is 1.46. The van der Waals surface area contributed by atoms with Crippen molar-refractivity contribution in [2.24, 2.45) is 0 Å². The summed E-state index contributed by atoms with van der Waals surface area (Å²) in [6.07, 6.45) is 0.206. The third-order valence-electron chi connectivity index (χ3n) is 4.78. The average molecular weight is 432 g/mol. The Labute approximate surface area is 176 Å². The monoisotopic (exact) mass is 431 g/mol. The van der Waals surface area contributed by atoms with Gasteiger partial charge in [-0.05, 0) is 30.3 Å². The molecule has 0 radical (unpaired) electrons.